The summed E-state index contributed by atoms with van der Waals surface area (Å²) < 4.78 is 16.8. The van der Waals surface area contributed by atoms with Crippen molar-refractivity contribution in [1.29, 1.82) is 0 Å². The summed E-state index contributed by atoms with van der Waals surface area (Å²) in [6.07, 6.45) is 1.32. The Kier molecular flexibility index (Phi) is 5.22. The topological polar surface area (TPSA) is 68.0 Å². The fourth-order valence-corrected chi connectivity index (χ4v) is 3.60. The standard InChI is InChI=1S/C17H27N3O4/c1-13-10-15(24-18-13)17(4-7-22-8-5-17)16(21)20-6-9-23-14(12-20)11-19(2)3/h10,14H,4-9,11-12H2,1-3H3. The van der Waals surface area contributed by atoms with Crippen LogP contribution in [-0.4, -0.2) is 80.5 Å². The first-order valence-corrected chi connectivity index (χ1v) is 8.58. The van der Waals surface area contributed by atoms with Crippen LogP contribution in [0, 0.1) is 6.92 Å². The summed E-state index contributed by atoms with van der Waals surface area (Å²) >= 11 is 0. The predicted molar refractivity (Wildman–Crippen MR) is 87.8 cm³/mol. The molecular formula is C17H27N3O4. The smallest absolute Gasteiger partial charge is 0.236 e. The van der Waals surface area contributed by atoms with E-state index in [4.69, 9.17) is 14.0 Å². The Balaban J connectivity index is 1.81. The SMILES string of the molecule is Cc1cc(C2(C(=O)N3CCOC(CN(C)C)C3)CCOCC2)on1. The number of morpholine rings is 1. The van der Waals surface area contributed by atoms with Gasteiger partial charge in [-0.1, -0.05) is 5.16 Å². The van der Waals surface area contributed by atoms with Crippen molar-refractivity contribution in [3.8, 4) is 0 Å². The van der Waals surface area contributed by atoms with Gasteiger partial charge in [0, 0.05) is 38.9 Å². The highest BCUT2D eigenvalue weighted by molar-refractivity contribution is 5.88. The number of carbonyl (C=O) groups excluding carboxylic acids is 1. The van der Waals surface area contributed by atoms with Gasteiger partial charge in [0.2, 0.25) is 5.91 Å². The van der Waals surface area contributed by atoms with Crippen LogP contribution < -0.4 is 0 Å². The predicted octanol–water partition coefficient (Wildman–Crippen LogP) is 0.820. The number of ether oxygens (including phenoxy) is 2. The van der Waals surface area contributed by atoms with E-state index in [1.807, 2.05) is 32.0 Å². The highest BCUT2D eigenvalue weighted by Crippen LogP contribution is 2.37. The maximum atomic E-state index is 13.4. The summed E-state index contributed by atoms with van der Waals surface area (Å²) in [5.74, 6) is 0.790. The van der Waals surface area contributed by atoms with Gasteiger partial charge < -0.3 is 23.8 Å². The van der Waals surface area contributed by atoms with E-state index < -0.39 is 5.41 Å². The Morgan fingerprint density at radius 2 is 2.12 bits per heavy atom. The van der Waals surface area contributed by atoms with Gasteiger partial charge in [0.15, 0.2) is 5.76 Å². The number of carbonyl (C=O) groups is 1. The maximum Gasteiger partial charge on any atom is 0.236 e. The minimum absolute atomic E-state index is 0.0473. The second kappa shape index (κ2) is 7.21. The van der Waals surface area contributed by atoms with E-state index in [-0.39, 0.29) is 12.0 Å². The second-order valence-electron chi connectivity index (χ2n) is 7.03. The monoisotopic (exact) mass is 337 g/mol. The minimum Gasteiger partial charge on any atom is -0.381 e. The Labute approximate surface area is 142 Å². The summed E-state index contributed by atoms with van der Waals surface area (Å²) in [5.41, 5.74) is 0.149. The summed E-state index contributed by atoms with van der Waals surface area (Å²) in [5, 5.41) is 4.00. The van der Waals surface area contributed by atoms with Gasteiger partial charge in [-0.3, -0.25) is 4.79 Å². The summed E-state index contributed by atoms with van der Waals surface area (Å²) in [7, 11) is 4.03. The molecule has 2 aliphatic heterocycles. The molecule has 0 radical (unpaired) electrons. The van der Waals surface area contributed by atoms with E-state index in [2.05, 4.69) is 10.1 Å². The van der Waals surface area contributed by atoms with Crippen molar-refractivity contribution in [3.05, 3.63) is 17.5 Å². The van der Waals surface area contributed by atoms with E-state index in [9.17, 15) is 4.79 Å². The molecule has 1 atom stereocenters. The molecule has 2 aliphatic rings. The molecule has 1 aromatic heterocycles. The third-order valence-electron chi connectivity index (χ3n) is 4.85. The number of hydrogen-bond acceptors (Lipinski definition) is 6. The highest BCUT2D eigenvalue weighted by atomic mass is 16.5. The largest absolute Gasteiger partial charge is 0.381 e. The lowest BCUT2D eigenvalue weighted by Gasteiger charge is -2.41. The van der Waals surface area contributed by atoms with Gasteiger partial charge in [-0.15, -0.1) is 0 Å². The van der Waals surface area contributed by atoms with Gasteiger partial charge in [0.25, 0.3) is 0 Å². The molecule has 7 nitrogen and oxygen atoms in total. The van der Waals surface area contributed by atoms with Gasteiger partial charge in [-0.2, -0.15) is 0 Å². The average molecular weight is 337 g/mol. The van der Waals surface area contributed by atoms with Crippen LogP contribution in [-0.2, 0) is 19.7 Å². The molecule has 24 heavy (non-hydrogen) atoms. The molecule has 7 heteroatoms. The van der Waals surface area contributed by atoms with Crippen LogP contribution in [0.1, 0.15) is 24.3 Å². The van der Waals surface area contributed by atoms with E-state index in [1.165, 1.54) is 0 Å². The molecule has 2 saturated heterocycles. The fourth-order valence-electron chi connectivity index (χ4n) is 3.60. The van der Waals surface area contributed by atoms with Crippen molar-refractivity contribution in [2.24, 2.45) is 0 Å². The van der Waals surface area contributed by atoms with Gasteiger partial charge in [0.05, 0.1) is 18.4 Å². The average Bonchev–Trinajstić information content (AvgIpc) is 3.01. The molecule has 2 fully saturated rings. The molecular weight excluding hydrogens is 310 g/mol. The van der Waals surface area contributed by atoms with Crippen molar-refractivity contribution in [3.63, 3.8) is 0 Å². The number of aryl methyl sites for hydroxylation is 1. The molecule has 1 aromatic rings. The summed E-state index contributed by atoms with van der Waals surface area (Å²) in [6.45, 7) is 5.64. The van der Waals surface area contributed by atoms with Gasteiger partial charge in [-0.25, -0.2) is 0 Å². The van der Waals surface area contributed by atoms with E-state index >= 15 is 0 Å². The Morgan fingerprint density at radius 1 is 1.38 bits per heavy atom. The van der Waals surface area contributed by atoms with E-state index in [1.54, 1.807) is 0 Å². The second-order valence-corrected chi connectivity index (χ2v) is 7.03. The fraction of sp³-hybridized carbons (Fsp3) is 0.765. The maximum absolute atomic E-state index is 13.4. The van der Waals surface area contributed by atoms with Crippen molar-refractivity contribution in [1.82, 2.24) is 15.0 Å². The van der Waals surface area contributed by atoms with Gasteiger partial charge in [-0.05, 0) is 33.9 Å². The minimum atomic E-state index is -0.653. The van der Waals surface area contributed by atoms with Crippen molar-refractivity contribution in [2.45, 2.75) is 31.3 Å². The summed E-state index contributed by atoms with van der Waals surface area (Å²) in [6, 6.07) is 1.89. The van der Waals surface area contributed by atoms with Crippen LogP contribution in [0.5, 0.6) is 0 Å². The number of hydrogen-bond donors (Lipinski definition) is 0. The zero-order chi connectivity index (χ0) is 17.2. The molecule has 3 rings (SSSR count). The number of nitrogens with zero attached hydrogens (tertiary/aromatic N) is 3. The van der Waals surface area contributed by atoms with Crippen LogP contribution in [0.15, 0.2) is 10.6 Å². The molecule has 0 spiro atoms. The Hall–Kier alpha value is -1.44. The lowest BCUT2D eigenvalue weighted by molar-refractivity contribution is -0.150. The van der Waals surface area contributed by atoms with E-state index in [0.717, 1.165) is 12.2 Å². The zero-order valence-corrected chi connectivity index (χ0v) is 14.8. The third-order valence-corrected chi connectivity index (χ3v) is 4.85. The quantitative estimate of drug-likeness (QED) is 0.810. The van der Waals surface area contributed by atoms with Crippen LogP contribution in [0.4, 0.5) is 0 Å². The Morgan fingerprint density at radius 3 is 2.75 bits per heavy atom. The van der Waals surface area contributed by atoms with Gasteiger partial charge >= 0.3 is 0 Å². The normalized spacial score (nSPS) is 24.3. The number of aromatic nitrogens is 1. The van der Waals surface area contributed by atoms with Crippen molar-refractivity contribution < 1.29 is 18.8 Å². The van der Waals surface area contributed by atoms with Crippen LogP contribution in [0.2, 0.25) is 0 Å². The molecule has 134 valence electrons. The van der Waals surface area contributed by atoms with Gasteiger partial charge in [0.1, 0.15) is 5.41 Å². The lowest BCUT2D eigenvalue weighted by Crippen LogP contribution is -2.56. The number of likely N-dealkylation sites (N-methyl/N-ethyl adjacent to an activating group) is 1. The first-order valence-electron chi connectivity index (χ1n) is 8.58. The lowest BCUT2D eigenvalue weighted by atomic mass is 9.76. The number of rotatable bonds is 4. The van der Waals surface area contributed by atoms with Crippen LogP contribution >= 0.6 is 0 Å². The third kappa shape index (κ3) is 3.48. The molecule has 1 unspecified atom stereocenters. The zero-order valence-electron chi connectivity index (χ0n) is 14.8. The first kappa shape index (κ1) is 17.4. The first-order chi connectivity index (χ1) is 11.5. The van der Waals surface area contributed by atoms with Crippen LogP contribution in [0.25, 0.3) is 0 Å². The molecule has 0 N–H and O–H groups in total. The van der Waals surface area contributed by atoms with Crippen molar-refractivity contribution >= 4 is 5.91 Å². The Bertz CT molecular complexity index is 566. The number of amides is 1. The summed E-state index contributed by atoms with van der Waals surface area (Å²) in [4.78, 5) is 17.4. The molecule has 0 saturated carbocycles. The molecule has 1 amide bonds. The molecule has 0 aromatic carbocycles. The van der Waals surface area contributed by atoms with Crippen molar-refractivity contribution in [2.75, 3.05) is 53.6 Å². The molecule has 3 heterocycles. The molecule has 0 bridgehead atoms. The van der Waals surface area contributed by atoms with Crippen LogP contribution in [0.3, 0.4) is 0 Å². The van der Waals surface area contributed by atoms with E-state index in [0.29, 0.717) is 51.5 Å². The molecule has 0 aliphatic carbocycles. The highest BCUT2D eigenvalue weighted by Gasteiger charge is 2.48.